The zero-order valence-corrected chi connectivity index (χ0v) is 19.0. The van der Waals surface area contributed by atoms with Gasteiger partial charge in [-0.05, 0) is 82.0 Å². The third-order valence-corrected chi connectivity index (χ3v) is 6.90. The molecule has 1 aliphatic carbocycles. The molecule has 1 aromatic rings. The Morgan fingerprint density at radius 3 is 2.48 bits per heavy atom. The molecule has 29 heavy (non-hydrogen) atoms. The van der Waals surface area contributed by atoms with E-state index in [1.165, 1.54) is 48.8 Å². The van der Waals surface area contributed by atoms with E-state index >= 15 is 0 Å². The summed E-state index contributed by atoms with van der Waals surface area (Å²) in [5.41, 5.74) is 5.04. The Balaban J connectivity index is 2.05. The highest BCUT2D eigenvalue weighted by atomic mass is 15.5. The number of aryl methyl sites for hydroxylation is 2. The minimum atomic E-state index is 0.180. The predicted molar refractivity (Wildman–Crippen MR) is 126 cm³/mol. The Bertz CT molecular complexity index is 759. The van der Waals surface area contributed by atoms with Gasteiger partial charge in [-0.25, -0.2) is 5.01 Å². The predicted octanol–water partition coefficient (Wildman–Crippen LogP) is 5.74. The molecule has 0 aromatic heterocycles. The van der Waals surface area contributed by atoms with E-state index in [1.807, 2.05) is 12.1 Å². The van der Waals surface area contributed by atoms with Gasteiger partial charge in [0, 0.05) is 19.8 Å². The topological polar surface area (TPSA) is 31.2 Å². The molecule has 1 heterocycles. The molecule has 0 N–H and O–H groups in total. The van der Waals surface area contributed by atoms with Crippen LogP contribution in [-0.4, -0.2) is 43.1 Å². The van der Waals surface area contributed by atoms with Crippen LogP contribution in [0.4, 0.5) is 5.69 Å². The second-order valence-corrected chi connectivity index (χ2v) is 8.73. The van der Waals surface area contributed by atoms with Crippen LogP contribution in [-0.2, 0) is 0 Å². The summed E-state index contributed by atoms with van der Waals surface area (Å²) in [7, 11) is 1.91. The number of amidine groups is 1. The average molecular weight is 395 g/mol. The number of hydrogen-bond acceptors (Lipinski definition) is 3. The number of rotatable bonds is 6. The van der Waals surface area contributed by atoms with Crippen LogP contribution in [0, 0.1) is 19.8 Å². The van der Waals surface area contributed by atoms with Crippen molar-refractivity contribution in [1.29, 1.82) is 0 Å². The van der Waals surface area contributed by atoms with Crippen LogP contribution < -0.4 is 5.01 Å². The molecular weight excluding hydrogens is 356 g/mol. The molecule has 4 heteroatoms. The minimum Gasteiger partial charge on any atom is -0.287 e. The molecule has 3 atom stereocenters. The SMILES string of the molecule is C=NN(C(=NC)C(C1=CCC(CC)CC1)N1CCCC1C)c1c(C)cccc1C. The summed E-state index contributed by atoms with van der Waals surface area (Å²) in [6.07, 6.45) is 9.91. The van der Waals surface area contributed by atoms with Crippen molar-refractivity contribution in [3.63, 3.8) is 0 Å². The van der Waals surface area contributed by atoms with E-state index in [1.54, 1.807) is 0 Å². The molecule has 0 bridgehead atoms. The van der Waals surface area contributed by atoms with Crippen molar-refractivity contribution in [1.82, 2.24) is 4.90 Å². The molecule has 0 radical (unpaired) electrons. The normalized spacial score (nSPS) is 24.3. The summed E-state index contributed by atoms with van der Waals surface area (Å²) in [6.45, 7) is 14.0. The number of para-hydroxylation sites is 1. The number of hydrogen-bond donors (Lipinski definition) is 0. The Morgan fingerprint density at radius 2 is 2.00 bits per heavy atom. The van der Waals surface area contributed by atoms with Gasteiger partial charge in [-0.3, -0.25) is 9.89 Å². The monoisotopic (exact) mass is 394 g/mol. The number of likely N-dealkylation sites (tertiary alicyclic amines) is 1. The van der Waals surface area contributed by atoms with Gasteiger partial charge in [-0.2, -0.15) is 5.10 Å². The smallest absolute Gasteiger partial charge is 0.146 e. The first-order valence-electron chi connectivity index (χ1n) is 11.3. The summed E-state index contributed by atoms with van der Waals surface area (Å²) < 4.78 is 0. The molecule has 3 unspecified atom stereocenters. The van der Waals surface area contributed by atoms with E-state index < -0.39 is 0 Å². The maximum absolute atomic E-state index is 4.84. The molecule has 1 aromatic carbocycles. The van der Waals surface area contributed by atoms with Gasteiger partial charge in [-0.1, -0.05) is 37.6 Å². The van der Waals surface area contributed by atoms with Crippen LogP contribution in [0.5, 0.6) is 0 Å². The molecule has 0 saturated carbocycles. The largest absolute Gasteiger partial charge is 0.287 e. The number of aliphatic imine (C=N–C) groups is 1. The highest BCUT2D eigenvalue weighted by Gasteiger charge is 2.37. The molecule has 2 aliphatic rings. The van der Waals surface area contributed by atoms with Gasteiger partial charge < -0.3 is 0 Å². The maximum Gasteiger partial charge on any atom is 0.146 e. The van der Waals surface area contributed by atoms with Crippen molar-refractivity contribution in [2.45, 2.75) is 78.3 Å². The summed E-state index contributed by atoms with van der Waals surface area (Å²) >= 11 is 0. The van der Waals surface area contributed by atoms with Crippen molar-refractivity contribution < 1.29 is 0 Å². The number of hydrazone groups is 1. The van der Waals surface area contributed by atoms with Crippen molar-refractivity contribution >= 4 is 18.2 Å². The third-order valence-electron chi connectivity index (χ3n) is 6.90. The first-order valence-corrected chi connectivity index (χ1v) is 11.3. The first kappa shape index (κ1) is 21.8. The Kier molecular flexibility index (Phi) is 7.28. The lowest BCUT2D eigenvalue weighted by Crippen LogP contribution is -2.50. The van der Waals surface area contributed by atoms with Gasteiger partial charge in [0.2, 0.25) is 0 Å². The molecule has 0 amide bonds. The maximum atomic E-state index is 4.84. The molecular formula is C25H38N4. The fraction of sp³-hybridized carbons (Fsp3) is 0.600. The lowest BCUT2D eigenvalue weighted by Gasteiger charge is -2.39. The van der Waals surface area contributed by atoms with Gasteiger partial charge in [-0.15, -0.1) is 0 Å². The van der Waals surface area contributed by atoms with E-state index in [0.717, 1.165) is 30.4 Å². The number of nitrogens with zero attached hydrogens (tertiary/aromatic N) is 4. The molecule has 1 saturated heterocycles. The highest BCUT2D eigenvalue weighted by molar-refractivity contribution is 6.04. The van der Waals surface area contributed by atoms with E-state index in [9.17, 15) is 0 Å². The van der Waals surface area contributed by atoms with E-state index in [0.29, 0.717) is 6.04 Å². The summed E-state index contributed by atoms with van der Waals surface area (Å²) in [6, 6.07) is 7.14. The van der Waals surface area contributed by atoms with E-state index in [-0.39, 0.29) is 6.04 Å². The number of anilines is 1. The van der Waals surface area contributed by atoms with Gasteiger partial charge in [0.1, 0.15) is 5.84 Å². The Morgan fingerprint density at radius 1 is 1.28 bits per heavy atom. The minimum absolute atomic E-state index is 0.180. The zero-order valence-electron chi connectivity index (χ0n) is 19.0. The summed E-state index contributed by atoms with van der Waals surface area (Å²) in [5, 5.41) is 6.50. The van der Waals surface area contributed by atoms with Gasteiger partial charge in [0.15, 0.2) is 0 Å². The molecule has 158 valence electrons. The van der Waals surface area contributed by atoms with E-state index in [2.05, 4.69) is 68.7 Å². The van der Waals surface area contributed by atoms with Crippen LogP contribution >= 0.6 is 0 Å². The standard InChI is InChI=1S/C25H38N4/c1-7-21-13-15-22(16-14-21)24(28-17-9-12-20(28)4)25(26-5)29(27-6)23-18(2)10-8-11-19(23)3/h8,10-11,15,20-21,24H,6-7,9,12-14,16-17H2,1-5H3. The Labute approximate surface area is 177 Å². The lowest BCUT2D eigenvalue weighted by atomic mass is 9.84. The lowest BCUT2D eigenvalue weighted by molar-refractivity contribution is 0.248. The van der Waals surface area contributed by atoms with Crippen molar-refractivity contribution in [3.05, 3.63) is 41.0 Å². The van der Waals surface area contributed by atoms with E-state index in [4.69, 9.17) is 4.99 Å². The molecule has 4 nitrogen and oxygen atoms in total. The summed E-state index contributed by atoms with van der Waals surface area (Å²) in [5.74, 6) is 1.83. The number of allylic oxidation sites excluding steroid dienone is 1. The molecule has 1 aliphatic heterocycles. The van der Waals surface area contributed by atoms with Gasteiger partial charge >= 0.3 is 0 Å². The zero-order chi connectivity index (χ0) is 21.0. The van der Waals surface area contributed by atoms with Crippen LogP contribution in [0.25, 0.3) is 0 Å². The quantitative estimate of drug-likeness (QED) is 0.266. The van der Waals surface area contributed by atoms with Crippen molar-refractivity contribution in [2.24, 2.45) is 16.0 Å². The number of benzene rings is 1. The molecule has 3 rings (SSSR count). The molecule has 0 spiro atoms. The second kappa shape index (κ2) is 9.71. The highest BCUT2D eigenvalue weighted by Crippen LogP contribution is 2.35. The van der Waals surface area contributed by atoms with Crippen molar-refractivity contribution in [2.75, 3.05) is 18.6 Å². The van der Waals surface area contributed by atoms with Gasteiger partial charge in [0.05, 0.1) is 11.7 Å². The third kappa shape index (κ3) is 4.48. The van der Waals surface area contributed by atoms with Crippen LogP contribution in [0.1, 0.15) is 63.5 Å². The van der Waals surface area contributed by atoms with Crippen LogP contribution in [0.15, 0.2) is 39.9 Å². The average Bonchev–Trinajstić information content (AvgIpc) is 3.15. The molecule has 1 fully saturated rings. The van der Waals surface area contributed by atoms with Crippen LogP contribution in [0.2, 0.25) is 0 Å². The second-order valence-electron chi connectivity index (χ2n) is 8.73. The fourth-order valence-electron chi connectivity index (χ4n) is 5.12. The van der Waals surface area contributed by atoms with Crippen LogP contribution in [0.3, 0.4) is 0 Å². The van der Waals surface area contributed by atoms with Crippen molar-refractivity contribution in [3.8, 4) is 0 Å². The fourth-order valence-corrected chi connectivity index (χ4v) is 5.12. The Hall–Kier alpha value is -1.94. The summed E-state index contributed by atoms with van der Waals surface area (Å²) in [4.78, 5) is 7.48. The first-order chi connectivity index (χ1) is 14.0. The van der Waals surface area contributed by atoms with Gasteiger partial charge in [0.25, 0.3) is 0 Å².